The van der Waals surface area contributed by atoms with Crippen molar-refractivity contribution in [2.45, 2.75) is 39.4 Å². The van der Waals surface area contributed by atoms with Crippen molar-refractivity contribution >= 4 is 22.5 Å². The second-order valence-corrected chi connectivity index (χ2v) is 8.11. The van der Waals surface area contributed by atoms with Crippen LogP contribution in [0.15, 0.2) is 66.9 Å². The Balaban J connectivity index is 1.62. The number of carbonyl (C=O) groups excluding carboxylic acids is 1. The van der Waals surface area contributed by atoms with E-state index in [1.54, 1.807) is 4.90 Å². The number of fused-ring (bicyclic) bond motifs is 1. The quantitative estimate of drug-likeness (QED) is 0.356. The third-order valence-corrected chi connectivity index (χ3v) is 5.77. The molecule has 2 aromatic carbocycles. The molecule has 2 heterocycles. The molecule has 5 nitrogen and oxygen atoms in total. The Bertz CT molecular complexity index is 1280. The fourth-order valence-electron chi connectivity index (χ4n) is 3.98. The minimum atomic E-state index is -4.48. The lowest BCUT2D eigenvalue weighted by Gasteiger charge is -2.23. The number of benzene rings is 2. The van der Waals surface area contributed by atoms with E-state index < -0.39 is 11.9 Å². The molecule has 0 aliphatic carbocycles. The van der Waals surface area contributed by atoms with Gasteiger partial charge in [0.15, 0.2) is 0 Å². The van der Waals surface area contributed by atoms with Gasteiger partial charge in [-0.2, -0.15) is 18.3 Å². The molecule has 0 saturated heterocycles. The molecule has 8 heteroatoms. The van der Waals surface area contributed by atoms with Crippen molar-refractivity contribution in [2.24, 2.45) is 0 Å². The monoisotopic (exact) mass is 466 g/mol. The molecule has 34 heavy (non-hydrogen) atoms. The van der Waals surface area contributed by atoms with Crippen molar-refractivity contribution in [3.8, 4) is 0 Å². The molecule has 0 aliphatic rings. The van der Waals surface area contributed by atoms with Crippen molar-refractivity contribution in [3.05, 3.63) is 89.4 Å². The summed E-state index contributed by atoms with van der Waals surface area (Å²) in [6, 6.07) is 17.6. The zero-order chi connectivity index (χ0) is 24.3. The lowest BCUT2D eigenvalue weighted by Crippen LogP contribution is -2.34. The van der Waals surface area contributed by atoms with Gasteiger partial charge in [-0.05, 0) is 55.7 Å². The highest BCUT2D eigenvalue weighted by Gasteiger charge is 2.32. The summed E-state index contributed by atoms with van der Waals surface area (Å²) in [5, 5.41) is 5.52. The van der Waals surface area contributed by atoms with Crippen LogP contribution in [-0.2, 0) is 30.4 Å². The third-order valence-electron chi connectivity index (χ3n) is 5.77. The van der Waals surface area contributed by atoms with Crippen molar-refractivity contribution in [3.63, 3.8) is 0 Å². The van der Waals surface area contributed by atoms with Crippen LogP contribution in [0.4, 0.5) is 18.9 Å². The van der Waals surface area contributed by atoms with Crippen LogP contribution < -0.4 is 4.90 Å². The molecule has 0 aliphatic heterocycles. The summed E-state index contributed by atoms with van der Waals surface area (Å²) in [6.07, 6.45) is -2.66. The number of aryl methyl sites for hydroxylation is 2. The molecule has 0 N–H and O–H groups in total. The van der Waals surface area contributed by atoms with E-state index in [9.17, 15) is 18.0 Å². The highest BCUT2D eigenvalue weighted by atomic mass is 19.4. The molecule has 4 aromatic rings. The van der Waals surface area contributed by atoms with E-state index in [0.29, 0.717) is 18.5 Å². The average molecular weight is 467 g/mol. The summed E-state index contributed by atoms with van der Waals surface area (Å²) < 4.78 is 40.4. The Morgan fingerprint density at radius 3 is 2.44 bits per heavy atom. The third kappa shape index (κ3) is 5.11. The summed E-state index contributed by atoms with van der Waals surface area (Å²) in [6.45, 7) is 5.00. The van der Waals surface area contributed by atoms with Gasteiger partial charge in [-0.15, -0.1) is 0 Å². The van der Waals surface area contributed by atoms with Crippen molar-refractivity contribution < 1.29 is 18.0 Å². The fraction of sp³-hybridized carbons (Fsp3) is 0.269. The molecule has 0 radical (unpaired) electrons. The number of carbonyl (C=O) groups is 1. The zero-order valence-electron chi connectivity index (χ0n) is 19.0. The van der Waals surface area contributed by atoms with Gasteiger partial charge in [-0.25, -0.2) is 0 Å². The number of aromatic nitrogens is 3. The van der Waals surface area contributed by atoms with Crippen molar-refractivity contribution in [1.82, 2.24) is 14.8 Å². The number of hydrogen-bond acceptors (Lipinski definition) is 3. The van der Waals surface area contributed by atoms with Crippen LogP contribution >= 0.6 is 0 Å². The number of nitrogens with zero attached hydrogens (tertiary/aromatic N) is 4. The van der Waals surface area contributed by atoms with Crippen molar-refractivity contribution in [2.75, 3.05) is 11.4 Å². The SMILES string of the molecule is CCn1nc(C)c2cc(N(CCc3ccc(C(F)(F)F)nc3)C(=O)Cc3ccccc3)ccc21. The number of pyridine rings is 1. The number of alkyl halides is 3. The smallest absolute Gasteiger partial charge is 0.312 e. The van der Waals surface area contributed by atoms with E-state index in [2.05, 4.69) is 10.1 Å². The van der Waals surface area contributed by atoms with Gasteiger partial charge in [0.1, 0.15) is 5.69 Å². The highest BCUT2D eigenvalue weighted by Crippen LogP contribution is 2.28. The normalized spacial score (nSPS) is 11.7. The van der Waals surface area contributed by atoms with E-state index >= 15 is 0 Å². The summed E-state index contributed by atoms with van der Waals surface area (Å²) >= 11 is 0. The fourth-order valence-corrected chi connectivity index (χ4v) is 3.98. The molecule has 176 valence electrons. The Kier molecular flexibility index (Phi) is 6.68. The Morgan fingerprint density at radius 2 is 1.79 bits per heavy atom. The van der Waals surface area contributed by atoms with Gasteiger partial charge >= 0.3 is 6.18 Å². The summed E-state index contributed by atoms with van der Waals surface area (Å²) in [5.74, 6) is -0.0917. The first-order valence-corrected chi connectivity index (χ1v) is 11.1. The largest absolute Gasteiger partial charge is 0.433 e. The minimum absolute atomic E-state index is 0.0917. The molecule has 0 saturated carbocycles. The van der Waals surface area contributed by atoms with Crippen LogP contribution in [0.2, 0.25) is 0 Å². The molecular formula is C26H25F3N4O. The summed E-state index contributed by atoms with van der Waals surface area (Å²) in [4.78, 5) is 18.6. The summed E-state index contributed by atoms with van der Waals surface area (Å²) in [7, 11) is 0. The van der Waals surface area contributed by atoms with Crippen LogP contribution in [0.1, 0.15) is 29.4 Å². The first-order valence-electron chi connectivity index (χ1n) is 11.1. The van der Waals surface area contributed by atoms with Crippen LogP contribution in [0.5, 0.6) is 0 Å². The first kappa shape index (κ1) is 23.5. The maximum Gasteiger partial charge on any atom is 0.433 e. The van der Waals surface area contributed by atoms with Gasteiger partial charge in [0.05, 0.1) is 17.6 Å². The van der Waals surface area contributed by atoms with Gasteiger partial charge in [-0.1, -0.05) is 36.4 Å². The Morgan fingerprint density at radius 1 is 1.03 bits per heavy atom. The predicted molar refractivity (Wildman–Crippen MR) is 126 cm³/mol. The Labute approximate surface area is 195 Å². The van der Waals surface area contributed by atoms with E-state index in [4.69, 9.17) is 0 Å². The lowest BCUT2D eigenvalue weighted by molar-refractivity contribution is -0.141. The second-order valence-electron chi connectivity index (χ2n) is 8.11. The first-order chi connectivity index (χ1) is 16.3. The van der Waals surface area contributed by atoms with Crippen LogP contribution in [-0.4, -0.2) is 27.2 Å². The van der Waals surface area contributed by atoms with E-state index in [-0.39, 0.29) is 12.3 Å². The van der Waals surface area contributed by atoms with E-state index in [1.807, 2.05) is 67.1 Å². The minimum Gasteiger partial charge on any atom is -0.312 e. The number of halogens is 3. The van der Waals surface area contributed by atoms with Crippen LogP contribution in [0.3, 0.4) is 0 Å². The lowest BCUT2D eigenvalue weighted by atomic mass is 10.1. The van der Waals surface area contributed by atoms with Gasteiger partial charge in [0.25, 0.3) is 0 Å². The van der Waals surface area contributed by atoms with Gasteiger partial charge in [0.2, 0.25) is 5.91 Å². The molecule has 1 amide bonds. The molecule has 2 aromatic heterocycles. The van der Waals surface area contributed by atoms with Crippen LogP contribution in [0, 0.1) is 6.92 Å². The molecule has 0 atom stereocenters. The van der Waals surface area contributed by atoms with Gasteiger partial charge < -0.3 is 4.90 Å². The number of amides is 1. The predicted octanol–water partition coefficient (Wildman–Crippen LogP) is 5.60. The zero-order valence-corrected chi connectivity index (χ0v) is 19.0. The van der Waals surface area contributed by atoms with Gasteiger partial charge in [-0.3, -0.25) is 14.5 Å². The average Bonchev–Trinajstić information content (AvgIpc) is 3.15. The van der Waals surface area contributed by atoms with Crippen molar-refractivity contribution in [1.29, 1.82) is 0 Å². The molecule has 0 spiro atoms. The van der Waals surface area contributed by atoms with E-state index in [0.717, 1.165) is 40.5 Å². The number of rotatable bonds is 7. The van der Waals surface area contributed by atoms with Gasteiger partial charge in [0, 0.05) is 30.4 Å². The molecule has 0 unspecified atom stereocenters. The maximum atomic E-state index is 13.3. The molecular weight excluding hydrogens is 441 g/mol. The molecule has 0 fully saturated rings. The maximum absolute atomic E-state index is 13.3. The van der Waals surface area contributed by atoms with Crippen LogP contribution in [0.25, 0.3) is 10.9 Å². The number of anilines is 1. The Hall–Kier alpha value is -3.68. The second kappa shape index (κ2) is 9.67. The molecule has 4 rings (SSSR count). The standard InChI is InChI=1S/C26H25F3N4O/c1-3-33-23-11-10-21(16-22(23)18(2)31-33)32(25(34)15-19-7-5-4-6-8-19)14-13-20-9-12-24(30-17-20)26(27,28)29/h4-12,16-17H,3,13-15H2,1-2H3. The topological polar surface area (TPSA) is 51.0 Å². The summed E-state index contributed by atoms with van der Waals surface area (Å²) in [5.41, 5.74) is 3.19. The number of hydrogen-bond donors (Lipinski definition) is 0. The molecule has 0 bridgehead atoms. The highest BCUT2D eigenvalue weighted by molar-refractivity contribution is 5.97. The van der Waals surface area contributed by atoms with E-state index in [1.165, 1.54) is 12.3 Å².